The summed E-state index contributed by atoms with van der Waals surface area (Å²) < 4.78 is 0. The fraction of sp³-hybridized carbons (Fsp3) is 0.0169. The Morgan fingerprint density at radius 2 is 0.820 bits per heavy atom. The molecule has 1 aromatic heterocycles. The van der Waals surface area contributed by atoms with Gasteiger partial charge in [-0.05, 0) is 100 Å². The topological polar surface area (TPSA) is 25.8 Å². The van der Waals surface area contributed by atoms with E-state index in [2.05, 4.69) is 218 Å². The highest BCUT2D eigenvalue weighted by Crippen LogP contribution is 2.64. The van der Waals surface area contributed by atoms with Gasteiger partial charge in [0.2, 0.25) is 0 Å². The van der Waals surface area contributed by atoms with Crippen molar-refractivity contribution in [1.29, 1.82) is 0 Å². The quantitative estimate of drug-likeness (QED) is 0.132. The van der Waals surface area contributed by atoms with Gasteiger partial charge in [-0.1, -0.05) is 206 Å². The van der Waals surface area contributed by atoms with E-state index in [1.54, 1.807) is 0 Å². The highest BCUT2D eigenvalue weighted by molar-refractivity contribution is 6.19. The van der Waals surface area contributed by atoms with Gasteiger partial charge >= 0.3 is 0 Å². The second-order valence-electron chi connectivity index (χ2n) is 16.4. The Bertz CT molecular complexity index is 3520. The molecular weight excluding hydrogens is 737 g/mol. The van der Waals surface area contributed by atoms with Crippen molar-refractivity contribution in [1.82, 2.24) is 9.97 Å². The molecule has 2 aliphatic rings. The number of hydrogen-bond donors (Lipinski definition) is 0. The van der Waals surface area contributed by atoms with E-state index in [0.29, 0.717) is 5.82 Å². The third-order valence-corrected chi connectivity index (χ3v) is 13.3. The van der Waals surface area contributed by atoms with Gasteiger partial charge < -0.3 is 0 Å². The Hall–Kier alpha value is -7.94. The molecule has 0 amide bonds. The first-order valence-corrected chi connectivity index (χ1v) is 21.1. The van der Waals surface area contributed by atoms with Crippen LogP contribution in [-0.4, -0.2) is 9.97 Å². The van der Waals surface area contributed by atoms with Gasteiger partial charge in [-0.3, -0.25) is 0 Å². The number of fused-ring (bicyclic) bond motifs is 14. The summed E-state index contributed by atoms with van der Waals surface area (Å²) in [5, 5.41) is 7.07. The van der Waals surface area contributed by atoms with Gasteiger partial charge in [-0.2, -0.15) is 0 Å². The van der Waals surface area contributed by atoms with Crippen LogP contribution in [0, 0.1) is 0 Å². The van der Waals surface area contributed by atoms with Crippen molar-refractivity contribution in [2.75, 3.05) is 0 Å². The van der Waals surface area contributed by atoms with Gasteiger partial charge in [0.05, 0.1) is 16.8 Å². The number of nitrogens with zero attached hydrogens (tertiary/aromatic N) is 2. The number of aromatic nitrogens is 2. The van der Waals surface area contributed by atoms with Crippen molar-refractivity contribution in [2.45, 2.75) is 5.41 Å². The third-order valence-electron chi connectivity index (χ3n) is 13.3. The van der Waals surface area contributed by atoms with Crippen LogP contribution in [0.25, 0.3) is 99.6 Å². The maximum atomic E-state index is 5.74. The van der Waals surface area contributed by atoms with E-state index in [1.165, 1.54) is 77.2 Å². The van der Waals surface area contributed by atoms with Crippen molar-refractivity contribution in [3.05, 3.63) is 241 Å². The zero-order chi connectivity index (χ0) is 40.1. The molecule has 0 atom stereocenters. The summed E-state index contributed by atoms with van der Waals surface area (Å²) in [6.07, 6.45) is 0. The standard InChI is InChI=1S/C59H36N2/c1-2-15-37(16-3-1)38-29-31-40(32-30-38)54-36-55(61-58(60-54)56-43-20-7-5-18-41(43)35-50-42-19-6-4-17-39(42)33-34-47(50)56)49-25-14-24-48-46-23-10-13-28-53(46)59(57(48)49)51-26-11-8-21-44(51)45-22-9-12-27-52(45)59/h1-36H. The Morgan fingerprint density at radius 3 is 1.54 bits per heavy atom. The number of benzene rings is 10. The van der Waals surface area contributed by atoms with E-state index in [9.17, 15) is 0 Å². The van der Waals surface area contributed by atoms with Crippen LogP contribution >= 0.6 is 0 Å². The summed E-state index contributed by atoms with van der Waals surface area (Å²) in [6, 6.07) is 79.7. The van der Waals surface area contributed by atoms with Gasteiger partial charge in [-0.15, -0.1) is 0 Å². The first kappa shape index (κ1) is 34.0. The normalized spacial score (nSPS) is 13.0. The second-order valence-corrected chi connectivity index (χ2v) is 16.4. The molecule has 13 rings (SSSR count). The predicted octanol–water partition coefficient (Wildman–Crippen LogP) is 14.9. The molecule has 0 saturated heterocycles. The highest BCUT2D eigenvalue weighted by atomic mass is 14.9. The number of hydrogen-bond acceptors (Lipinski definition) is 2. The van der Waals surface area contributed by atoms with E-state index in [0.717, 1.165) is 38.9 Å². The summed E-state index contributed by atoms with van der Waals surface area (Å²) in [5.74, 6) is 0.714. The fourth-order valence-corrected chi connectivity index (χ4v) is 10.7. The summed E-state index contributed by atoms with van der Waals surface area (Å²) in [7, 11) is 0. The second kappa shape index (κ2) is 13.0. The van der Waals surface area contributed by atoms with Crippen LogP contribution < -0.4 is 0 Å². The molecule has 0 N–H and O–H groups in total. The van der Waals surface area contributed by atoms with E-state index in [-0.39, 0.29) is 0 Å². The first-order chi connectivity index (χ1) is 30.3. The minimum Gasteiger partial charge on any atom is -0.228 e. The molecule has 61 heavy (non-hydrogen) atoms. The van der Waals surface area contributed by atoms with E-state index < -0.39 is 5.41 Å². The lowest BCUT2D eigenvalue weighted by atomic mass is 9.69. The first-order valence-electron chi connectivity index (χ1n) is 21.1. The lowest BCUT2D eigenvalue weighted by Crippen LogP contribution is -2.26. The zero-order valence-corrected chi connectivity index (χ0v) is 33.2. The molecule has 0 fully saturated rings. The van der Waals surface area contributed by atoms with Gasteiger partial charge in [0.25, 0.3) is 0 Å². The maximum absolute atomic E-state index is 5.74. The van der Waals surface area contributed by atoms with E-state index >= 15 is 0 Å². The van der Waals surface area contributed by atoms with Crippen LogP contribution in [-0.2, 0) is 5.41 Å². The smallest absolute Gasteiger partial charge is 0.161 e. The zero-order valence-electron chi connectivity index (χ0n) is 33.2. The van der Waals surface area contributed by atoms with Crippen molar-refractivity contribution < 1.29 is 0 Å². The Balaban J connectivity index is 1.13. The fourth-order valence-electron chi connectivity index (χ4n) is 10.7. The number of rotatable bonds is 4. The van der Waals surface area contributed by atoms with E-state index in [1.807, 2.05) is 0 Å². The van der Waals surface area contributed by atoms with Crippen molar-refractivity contribution in [3.63, 3.8) is 0 Å². The predicted molar refractivity (Wildman–Crippen MR) is 253 cm³/mol. The van der Waals surface area contributed by atoms with Crippen molar-refractivity contribution >= 4 is 32.3 Å². The molecule has 0 aliphatic heterocycles. The SMILES string of the molecule is c1ccc(-c2ccc(-c3cc(-c4cccc5c4C4(c6ccccc6-c6ccccc64)c4ccccc4-5)nc(-c4c5ccccc5cc5c4ccc4ccccc45)n3)cc2)cc1. The molecule has 1 heterocycles. The molecular formula is C59H36N2. The van der Waals surface area contributed by atoms with Crippen LogP contribution in [0.4, 0.5) is 0 Å². The van der Waals surface area contributed by atoms with Gasteiger partial charge in [0, 0.05) is 16.7 Å². The lowest BCUT2D eigenvalue weighted by molar-refractivity contribution is 0.795. The molecule has 11 aromatic rings. The van der Waals surface area contributed by atoms with Gasteiger partial charge in [0.1, 0.15) is 0 Å². The van der Waals surface area contributed by atoms with Crippen LogP contribution in [0.2, 0.25) is 0 Å². The highest BCUT2D eigenvalue weighted by Gasteiger charge is 2.52. The Morgan fingerprint density at radius 1 is 0.295 bits per heavy atom. The molecule has 0 saturated carbocycles. The molecule has 2 nitrogen and oxygen atoms in total. The van der Waals surface area contributed by atoms with Crippen molar-refractivity contribution in [2.24, 2.45) is 0 Å². The largest absolute Gasteiger partial charge is 0.228 e. The molecule has 282 valence electrons. The lowest BCUT2D eigenvalue weighted by Gasteiger charge is -2.32. The molecule has 0 radical (unpaired) electrons. The molecule has 2 aliphatic carbocycles. The average Bonchev–Trinajstić information content (AvgIpc) is 3.81. The maximum Gasteiger partial charge on any atom is 0.161 e. The summed E-state index contributed by atoms with van der Waals surface area (Å²) in [6.45, 7) is 0. The van der Waals surface area contributed by atoms with Gasteiger partial charge in [0.15, 0.2) is 5.82 Å². The van der Waals surface area contributed by atoms with E-state index in [4.69, 9.17) is 9.97 Å². The Kier molecular flexibility index (Phi) is 7.26. The van der Waals surface area contributed by atoms with Crippen LogP contribution in [0.15, 0.2) is 218 Å². The summed E-state index contributed by atoms with van der Waals surface area (Å²) in [5.41, 5.74) is 17.1. The van der Waals surface area contributed by atoms with Crippen LogP contribution in [0.1, 0.15) is 22.3 Å². The molecule has 0 bridgehead atoms. The molecule has 10 aromatic carbocycles. The summed E-state index contributed by atoms with van der Waals surface area (Å²) >= 11 is 0. The molecule has 0 unspecified atom stereocenters. The van der Waals surface area contributed by atoms with Crippen molar-refractivity contribution in [3.8, 4) is 67.3 Å². The molecule has 1 spiro atoms. The monoisotopic (exact) mass is 772 g/mol. The van der Waals surface area contributed by atoms with Crippen LogP contribution in [0.3, 0.4) is 0 Å². The van der Waals surface area contributed by atoms with Crippen LogP contribution in [0.5, 0.6) is 0 Å². The molecule has 2 heteroatoms. The minimum atomic E-state index is -0.524. The third kappa shape index (κ3) is 4.85. The minimum absolute atomic E-state index is 0.524. The summed E-state index contributed by atoms with van der Waals surface area (Å²) in [4.78, 5) is 11.3. The van der Waals surface area contributed by atoms with Gasteiger partial charge in [-0.25, -0.2) is 9.97 Å². The average molecular weight is 773 g/mol. The Labute approximate surface area is 354 Å².